The Labute approximate surface area is 169 Å². The fourth-order valence-corrected chi connectivity index (χ4v) is 4.53. The van der Waals surface area contributed by atoms with Crippen LogP contribution in [0.15, 0.2) is 18.2 Å². The summed E-state index contributed by atoms with van der Waals surface area (Å²) in [5.74, 6) is 2.03. The van der Waals surface area contributed by atoms with Crippen LogP contribution in [0.4, 0.5) is 5.69 Å². The van der Waals surface area contributed by atoms with Gasteiger partial charge in [-0.3, -0.25) is 4.79 Å². The van der Waals surface area contributed by atoms with Gasteiger partial charge < -0.3 is 20.3 Å². The monoisotopic (exact) mass is 385 g/mol. The lowest BCUT2D eigenvalue weighted by molar-refractivity contribution is -0.117. The Kier molecular flexibility index (Phi) is 6.86. The highest BCUT2D eigenvalue weighted by Crippen LogP contribution is 2.29. The van der Waals surface area contributed by atoms with Gasteiger partial charge in [-0.25, -0.2) is 0 Å². The van der Waals surface area contributed by atoms with E-state index >= 15 is 0 Å². The van der Waals surface area contributed by atoms with Crippen molar-refractivity contribution in [2.75, 3.05) is 31.1 Å². The molecule has 1 aromatic rings. The number of ether oxygens (including phenoxy) is 1. The van der Waals surface area contributed by atoms with Gasteiger partial charge in [-0.2, -0.15) is 0 Å². The topological polar surface area (TPSA) is 53.6 Å². The van der Waals surface area contributed by atoms with Crippen LogP contribution in [-0.4, -0.2) is 38.2 Å². The molecular formula is C23H35N3O2. The van der Waals surface area contributed by atoms with Gasteiger partial charge in [0.25, 0.3) is 0 Å². The number of amides is 1. The summed E-state index contributed by atoms with van der Waals surface area (Å²) in [5.41, 5.74) is 2.21. The number of anilines is 1. The maximum Gasteiger partial charge on any atom is 0.227 e. The van der Waals surface area contributed by atoms with Crippen molar-refractivity contribution in [2.24, 2.45) is 5.92 Å². The van der Waals surface area contributed by atoms with E-state index in [9.17, 15) is 4.79 Å². The van der Waals surface area contributed by atoms with Crippen molar-refractivity contribution < 1.29 is 9.53 Å². The molecule has 0 spiro atoms. The third kappa shape index (κ3) is 5.06. The van der Waals surface area contributed by atoms with E-state index in [2.05, 4.69) is 28.8 Å². The SMILES string of the molecule is O=C1CCCN1c1ccc(OCCCC2CCCNC2)c(CNC2CCC2)c1. The molecule has 0 radical (unpaired) electrons. The maximum absolute atomic E-state index is 12.1. The molecule has 2 heterocycles. The molecule has 5 nitrogen and oxygen atoms in total. The summed E-state index contributed by atoms with van der Waals surface area (Å²) < 4.78 is 6.19. The largest absolute Gasteiger partial charge is 0.493 e. The predicted octanol–water partition coefficient (Wildman–Crippen LogP) is 3.61. The highest BCUT2D eigenvalue weighted by molar-refractivity contribution is 5.95. The number of carbonyl (C=O) groups excluding carboxylic acids is 1. The molecule has 5 heteroatoms. The first kappa shape index (κ1) is 19.7. The molecule has 1 saturated carbocycles. The van der Waals surface area contributed by atoms with Crippen LogP contribution in [0.5, 0.6) is 5.75 Å². The maximum atomic E-state index is 12.1. The van der Waals surface area contributed by atoms with Gasteiger partial charge in [-0.15, -0.1) is 0 Å². The quantitative estimate of drug-likeness (QED) is 0.638. The molecule has 0 aromatic heterocycles. The first-order valence-electron chi connectivity index (χ1n) is 11.3. The van der Waals surface area contributed by atoms with Crippen LogP contribution in [0.1, 0.15) is 63.4 Å². The molecule has 3 fully saturated rings. The summed E-state index contributed by atoms with van der Waals surface area (Å²) in [4.78, 5) is 14.1. The van der Waals surface area contributed by atoms with E-state index in [0.29, 0.717) is 12.5 Å². The molecule has 1 unspecified atom stereocenters. The molecular weight excluding hydrogens is 350 g/mol. The molecule has 2 N–H and O–H groups in total. The molecule has 28 heavy (non-hydrogen) atoms. The number of benzene rings is 1. The van der Waals surface area contributed by atoms with Crippen LogP contribution in [0.2, 0.25) is 0 Å². The minimum Gasteiger partial charge on any atom is -0.493 e. The zero-order valence-corrected chi connectivity index (χ0v) is 17.0. The van der Waals surface area contributed by atoms with Gasteiger partial charge in [0.2, 0.25) is 5.91 Å². The second-order valence-corrected chi connectivity index (χ2v) is 8.65. The number of nitrogens with zero attached hydrogens (tertiary/aromatic N) is 1. The number of rotatable bonds is 9. The van der Waals surface area contributed by atoms with Crippen molar-refractivity contribution >= 4 is 11.6 Å². The Morgan fingerprint density at radius 3 is 2.82 bits per heavy atom. The molecule has 2 saturated heterocycles. The van der Waals surface area contributed by atoms with E-state index in [4.69, 9.17) is 4.74 Å². The average molecular weight is 386 g/mol. The number of piperidine rings is 1. The molecule has 1 amide bonds. The Balaban J connectivity index is 1.35. The van der Waals surface area contributed by atoms with Crippen LogP contribution in [0.25, 0.3) is 0 Å². The molecule has 2 aliphatic heterocycles. The van der Waals surface area contributed by atoms with Crippen LogP contribution in [0.3, 0.4) is 0 Å². The van der Waals surface area contributed by atoms with E-state index in [1.54, 1.807) is 0 Å². The van der Waals surface area contributed by atoms with Gasteiger partial charge in [0.1, 0.15) is 5.75 Å². The molecule has 4 rings (SSSR count). The zero-order chi connectivity index (χ0) is 19.2. The lowest BCUT2D eigenvalue weighted by Crippen LogP contribution is -2.34. The molecule has 0 bridgehead atoms. The first-order valence-corrected chi connectivity index (χ1v) is 11.3. The van der Waals surface area contributed by atoms with E-state index in [0.717, 1.165) is 56.4 Å². The van der Waals surface area contributed by atoms with Gasteiger partial charge in [0.15, 0.2) is 0 Å². The van der Waals surface area contributed by atoms with Crippen LogP contribution in [0, 0.1) is 5.92 Å². The fraction of sp³-hybridized carbons (Fsp3) is 0.696. The van der Waals surface area contributed by atoms with Crippen molar-refractivity contribution in [3.63, 3.8) is 0 Å². The van der Waals surface area contributed by atoms with Crippen molar-refractivity contribution in [1.29, 1.82) is 0 Å². The normalized spacial score (nSPS) is 23.1. The number of carbonyl (C=O) groups is 1. The molecule has 1 aromatic carbocycles. The van der Waals surface area contributed by atoms with Crippen molar-refractivity contribution in [3.05, 3.63) is 23.8 Å². The van der Waals surface area contributed by atoms with Crippen LogP contribution >= 0.6 is 0 Å². The van der Waals surface area contributed by atoms with Gasteiger partial charge in [0.05, 0.1) is 6.61 Å². The predicted molar refractivity (Wildman–Crippen MR) is 113 cm³/mol. The smallest absolute Gasteiger partial charge is 0.227 e. The van der Waals surface area contributed by atoms with Crippen molar-refractivity contribution in [3.8, 4) is 5.75 Å². The number of hydrogen-bond acceptors (Lipinski definition) is 4. The average Bonchev–Trinajstić information content (AvgIpc) is 3.11. The van der Waals surface area contributed by atoms with E-state index in [-0.39, 0.29) is 5.91 Å². The molecule has 1 aliphatic carbocycles. The zero-order valence-electron chi connectivity index (χ0n) is 17.0. The minimum atomic E-state index is 0.243. The van der Waals surface area contributed by atoms with Crippen molar-refractivity contribution in [1.82, 2.24) is 10.6 Å². The van der Waals surface area contributed by atoms with Crippen molar-refractivity contribution in [2.45, 2.75) is 70.4 Å². The minimum absolute atomic E-state index is 0.243. The van der Waals surface area contributed by atoms with Gasteiger partial charge in [-0.05, 0) is 82.2 Å². The van der Waals surface area contributed by atoms with Gasteiger partial charge in [0, 0.05) is 36.8 Å². The third-order valence-electron chi connectivity index (χ3n) is 6.53. The van der Waals surface area contributed by atoms with E-state index < -0.39 is 0 Å². The Morgan fingerprint density at radius 2 is 2.11 bits per heavy atom. The lowest BCUT2D eigenvalue weighted by atomic mass is 9.93. The summed E-state index contributed by atoms with van der Waals surface area (Å²) >= 11 is 0. The summed E-state index contributed by atoms with van der Waals surface area (Å²) in [6.07, 6.45) is 10.5. The second kappa shape index (κ2) is 9.75. The van der Waals surface area contributed by atoms with Crippen LogP contribution in [-0.2, 0) is 11.3 Å². The third-order valence-corrected chi connectivity index (χ3v) is 6.53. The van der Waals surface area contributed by atoms with Crippen LogP contribution < -0.4 is 20.3 Å². The Morgan fingerprint density at radius 1 is 1.18 bits per heavy atom. The summed E-state index contributed by atoms with van der Waals surface area (Å²) in [5, 5.41) is 7.15. The number of nitrogens with one attached hydrogen (secondary N) is 2. The first-order chi connectivity index (χ1) is 13.8. The van der Waals surface area contributed by atoms with E-state index in [1.165, 1.54) is 50.6 Å². The fourth-order valence-electron chi connectivity index (χ4n) is 4.53. The Bertz CT molecular complexity index is 653. The highest BCUT2D eigenvalue weighted by atomic mass is 16.5. The summed E-state index contributed by atoms with van der Waals surface area (Å²) in [6.45, 7) is 4.77. The highest BCUT2D eigenvalue weighted by Gasteiger charge is 2.23. The standard InChI is InChI=1S/C23H35N3O2/c27-23-9-3-13-26(23)21-10-11-22(19(15-21)17-25-20-7-1-8-20)28-14-4-6-18-5-2-12-24-16-18/h10-11,15,18,20,24-25H,1-9,12-14,16-17H2. The van der Waals surface area contributed by atoms with Gasteiger partial charge >= 0.3 is 0 Å². The lowest BCUT2D eigenvalue weighted by Gasteiger charge is -2.27. The Hall–Kier alpha value is -1.59. The molecule has 3 aliphatic rings. The van der Waals surface area contributed by atoms with Gasteiger partial charge in [-0.1, -0.05) is 6.42 Å². The second-order valence-electron chi connectivity index (χ2n) is 8.65. The molecule has 1 atom stereocenters. The number of hydrogen-bond donors (Lipinski definition) is 2. The summed E-state index contributed by atoms with van der Waals surface area (Å²) in [7, 11) is 0. The van der Waals surface area contributed by atoms with E-state index in [1.807, 2.05) is 4.90 Å². The molecule has 154 valence electrons. The summed E-state index contributed by atoms with van der Waals surface area (Å²) in [6, 6.07) is 6.93.